The molecule has 2 aliphatic heterocycles. The van der Waals surface area contributed by atoms with E-state index < -0.39 is 0 Å². The van der Waals surface area contributed by atoms with Gasteiger partial charge in [-0.3, -0.25) is 14.9 Å². The van der Waals surface area contributed by atoms with Crippen molar-refractivity contribution in [2.75, 3.05) is 24.1 Å². The van der Waals surface area contributed by atoms with Gasteiger partial charge in [0.2, 0.25) is 5.91 Å². The summed E-state index contributed by atoms with van der Waals surface area (Å²) in [5.41, 5.74) is 2.83. The van der Waals surface area contributed by atoms with Crippen LogP contribution in [0, 0.1) is 5.92 Å². The number of benzene rings is 1. The highest BCUT2D eigenvalue weighted by atomic mass is 32.2. The van der Waals surface area contributed by atoms with Crippen LogP contribution in [0.15, 0.2) is 24.3 Å². The molecule has 0 saturated carbocycles. The minimum absolute atomic E-state index is 0.113. The molecule has 0 aromatic heterocycles. The average molecular weight is 377 g/mol. The topological polar surface area (TPSA) is 49.4 Å². The first-order chi connectivity index (χ1) is 12.2. The number of Topliss-reactive ketones (excluding diaryl/α,β-unsaturated/α-hetero) is 1. The van der Waals surface area contributed by atoms with Gasteiger partial charge in [0, 0.05) is 24.6 Å². The van der Waals surface area contributed by atoms with Crippen molar-refractivity contribution in [3.05, 3.63) is 35.4 Å². The van der Waals surface area contributed by atoms with E-state index in [1.54, 1.807) is 23.5 Å². The summed E-state index contributed by atoms with van der Waals surface area (Å²) in [6, 6.07) is 8.25. The van der Waals surface area contributed by atoms with Crippen molar-refractivity contribution in [1.29, 1.82) is 0 Å². The molecule has 1 amide bonds. The molecule has 2 heterocycles. The first kappa shape index (κ1) is 17.4. The highest BCUT2D eigenvalue weighted by Crippen LogP contribution is 2.31. The molecule has 1 aromatic rings. The zero-order valence-corrected chi connectivity index (χ0v) is 15.9. The number of thioether (sulfide) groups is 2. The molecule has 4 rings (SSSR count). The minimum atomic E-state index is -0.327. The summed E-state index contributed by atoms with van der Waals surface area (Å²) >= 11 is 3.39. The summed E-state index contributed by atoms with van der Waals surface area (Å²) in [4.78, 5) is 27.5. The van der Waals surface area contributed by atoms with Gasteiger partial charge in [-0.05, 0) is 36.3 Å². The van der Waals surface area contributed by atoms with E-state index in [0.29, 0.717) is 18.2 Å². The molecule has 2 saturated heterocycles. The van der Waals surface area contributed by atoms with Crippen LogP contribution in [0.3, 0.4) is 0 Å². The van der Waals surface area contributed by atoms with Crippen molar-refractivity contribution in [3.8, 4) is 0 Å². The Morgan fingerprint density at radius 1 is 1.24 bits per heavy atom. The summed E-state index contributed by atoms with van der Waals surface area (Å²) in [6.45, 7) is 0.812. The fourth-order valence-electron chi connectivity index (χ4n) is 4.06. The van der Waals surface area contributed by atoms with Gasteiger partial charge in [-0.1, -0.05) is 24.3 Å². The Balaban J connectivity index is 1.38. The number of ketones is 1. The standard InChI is InChI=1S/C19H24N2O2S2/c22-16(10-13-5-6-14-3-1-2-4-15(14)9-13)18-17(20-11-25-18)19(23)21-7-8-24-12-21/h1-4,13,17-18,20H,5-12H2/t13?,17-,18?/m1/s1. The fourth-order valence-corrected chi connectivity index (χ4v) is 6.16. The number of fused-ring (bicyclic) bond motifs is 1. The zero-order valence-electron chi connectivity index (χ0n) is 14.3. The molecule has 134 valence electrons. The number of carbonyl (C=O) groups is 2. The van der Waals surface area contributed by atoms with Gasteiger partial charge in [0.05, 0.1) is 11.1 Å². The Hall–Kier alpha value is -0.980. The van der Waals surface area contributed by atoms with Crippen molar-refractivity contribution in [1.82, 2.24) is 10.2 Å². The molecule has 0 radical (unpaired) electrons. The quantitative estimate of drug-likeness (QED) is 0.874. The summed E-state index contributed by atoms with van der Waals surface area (Å²) in [6.07, 6.45) is 3.74. The van der Waals surface area contributed by atoms with Crippen molar-refractivity contribution < 1.29 is 9.59 Å². The largest absolute Gasteiger partial charge is 0.331 e. The zero-order chi connectivity index (χ0) is 17.2. The maximum absolute atomic E-state index is 12.9. The molecule has 0 bridgehead atoms. The van der Waals surface area contributed by atoms with Gasteiger partial charge in [0.15, 0.2) is 0 Å². The lowest BCUT2D eigenvalue weighted by Crippen LogP contribution is -2.49. The van der Waals surface area contributed by atoms with Crippen LogP contribution < -0.4 is 5.32 Å². The first-order valence-corrected chi connectivity index (χ1v) is 11.2. The molecular formula is C19H24N2O2S2. The van der Waals surface area contributed by atoms with E-state index in [9.17, 15) is 9.59 Å². The Kier molecular flexibility index (Phi) is 5.39. The third-order valence-electron chi connectivity index (χ3n) is 5.46. The third kappa shape index (κ3) is 3.76. The molecule has 6 heteroatoms. The van der Waals surface area contributed by atoms with Crippen LogP contribution in [-0.2, 0) is 22.4 Å². The summed E-state index contributed by atoms with van der Waals surface area (Å²) < 4.78 is 0. The predicted molar refractivity (Wildman–Crippen MR) is 104 cm³/mol. The molecule has 3 aliphatic rings. The summed E-state index contributed by atoms with van der Waals surface area (Å²) in [5, 5.41) is 3.05. The molecule has 0 spiro atoms. The number of nitrogens with one attached hydrogen (secondary N) is 1. The highest BCUT2D eigenvalue weighted by Gasteiger charge is 2.41. The number of nitrogens with zero attached hydrogens (tertiary/aromatic N) is 1. The lowest BCUT2D eigenvalue weighted by molar-refractivity contribution is -0.133. The molecule has 25 heavy (non-hydrogen) atoms. The number of hydrogen-bond donors (Lipinski definition) is 1. The van der Waals surface area contributed by atoms with Gasteiger partial charge in [-0.2, -0.15) is 0 Å². The Morgan fingerprint density at radius 2 is 2.08 bits per heavy atom. The second kappa shape index (κ2) is 7.72. The van der Waals surface area contributed by atoms with E-state index in [4.69, 9.17) is 0 Å². The molecule has 1 aliphatic carbocycles. The van der Waals surface area contributed by atoms with Crippen LogP contribution in [0.2, 0.25) is 0 Å². The number of carbonyl (C=O) groups excluding carboxylic acids is 2. The van der Waals surface area contributed by atoms with E-state index in [1.165, 1.54) is 11.1 Å². The van der Waals surface area contributed by atoms with Gasteiger partial charge >= 0.3 is 0 Å². The highest BCUT2D eigenvalue weighted by molar-refractivity contribution is 8.01. The van der Waals surface area contributed by atoms with E-state index in [-0.39, 0.29) is 23.0 Å². The predicted octanol–water partition coefficient (Wildman–Crippen LogP) is 2.31. The molecule has 1 N–H and O–H groups in total. The van der Waals surface area contributed by atoms with Crippen molar-refractivity contribution in [2.24, 2.45) is 5.92 Å². The summed E-state index contributed by atoms with van der Waals surface area (Å²) in [5.74, 6) is 3.25. The molecule has 2 unspecified atom stereocenters. The van der Waals surface area contributed by atoms with E-state index in [0.717, 1.165) is 37.4 Å². The smallest absolute Gasteiger partial charge is 0.242 e. The number of amides is 1. The van der Waals surface area contributed by atoms with E-state index >= 15 is 0 Å². The number of aryl methyl sites for hydroxylation is 1. The Morgan fingerprint density at radius 3 is 2.88 bits per heavy atom. The van der Waals surface area contributed by atoms with Gasteiger partial charge in [-0.25, -0.2) is 0 Å². The van der Waals surface area contributed by atoms with E-state index in [1.807, 2.05) is 4.90 Å². The molecule has 1 aromatic carbocycles. The lowest BCUT2D eigenvalue weighted by atomic mass is 9.81. The Labute approximate surface area is 157 Å². The van der Waals surface area contributed by atoms with Gasteiger partial charge in [-0.15, -0.1) is 23.5 Å². The SMILES string of the molecule is O=C(CC1CCc2ccccc2C1)C1SCN[C@H]1C(=O)N1CCSC1. The molecule has 2 fully saturated rings. The van der Waals surface area contributed by atoms with Crippen LogP contribution in [0.5, 0.6) is 0 Å². The second-order valence-corrected chi connectivity index (χ2v) is 9.30. The molecule has 4 nitrogen and oxygen atoms in total. The van der Waals surface area contributed by atoms with Gasteiger partial charge < -0.3 is 4.90 Å². The van der Waals surface area contributed by atoms with Crippen molar-refractivity contribution >= 4 is 35.2 Å². The normalized spacial score (nSPS) is 28.8. The van der Waals surface area contributed by atoms with Crippen LogP contribution >= 0.6 is 23.5 Å². The molecule has 3 atom stereocenters. The second-order valence-electron chi connectivity index (χ2n) is 7.10. The summed E-state index contributed by atoms with van der Waals surface area (Å²) in [7, 11) is 0. The lowest BCUT2D eigenvalue weighted by Gasteiger charge is -2.26. The van der Waals surface area contributed by atoms with Crippen molar-refractivity contribution in [3.63, 3.8) is 0 Å². The average Bonchev–Trinajstić information content (AvgIpc) is 3.33. The third-order valence-corrected chi connectivity index (χ3v) is 7.65. The van der Waals surface area contributed by atoms with Crippen LogP contribution in [0.4, 0.5) is 0 Å². The van der Waals surface area contributed by atoms with Crippen molar-refractivity contribution in [2.45, 2.75) is 37.0 Å². The van der Waals surface area contributed by atoms with Gasteiger partial charge in [0.1, 0.15) is 11.8 Å². The Bertz CT molecular complexity index is 661. The first-order valence-electron chi connectivity index (χ1n) is 9.03. The monoisotopic (exact) mass is 376 g/mol. The van der Waals surface area contributed by atoms with Crippen LogP contribution in [-0.4, -0.2) is 51.9 Å². The number of rotatable bonds is 4. The number of hydrogen-bond acceptors (Lipinski definition) is 5. The fraction of sp³-hybridized carbons (Fsp3) is 0.579. The molecular weight excluding hydrogens is 352 g/mol. The van der Waals surface area contributed by atoms with Gasteiger partial charge in [0.25, 0.3) is 0 Å². The van der Waals surface area contributed by atoms with Crippen LogP contribution in [0.1, 0.15) is 24.0 Å². The minimum Gasteiger partial charge on any atom is -0.331 e. The van der Waals surface area contributed by atoms with E-state index in [2.05, 4.69) is 29.6 Å². The maximum Gasteiger partial charge on any atom is 0.242 e. The van der Waals surface area contributed by atoms with Crippen LogP contribution in [0.25, 0.3) is 0 Å². The maximum atomic E-state index is 12.9.